The van der Waals surface area contributed by atoms with Crippen molar-refractivity contribution in [2.45, 2.75) is 0 Å². The largest absolute Gasteiger partial charge is 0.322 e. The number of nitro groups is 1. The average Bonchev–Trinajstić information content (AvgIpc) is 2.68. The smallest absolute Gasteiger partial charge is 0.270 e. The van der Waals surface area contributed by atoms with Crippen LogP contribution in [0.25, 0.3) is 11.6 Å². The van der Waals surface area contributed by atoms with Crippen molar-refractivity contribution >= 4 is 28.9 Å². The van der Waals surface area contributed by atoms with E-state index < -0.39 is 16.6 Å². The van der Waals surface area contributed by atoms with E-state index in [1.54, 1.807) is 42.5 Å². The highest BCUT2D eigenvalue weighted by atomic mass is 19.1. The highest BCUT2D eigenvalue weighted by molar-refractivity contribution is 6.29. The first-order valence-electron chi connectivity index (χ1n) is 8.11. The second kappa shape index (κ2) is 8.05. The zero-order chi connectivity index (χ0) is 19.2. The number of anilines is 1. The second-order valence-corrected chi connectivity index (χ2v) is 5.74. The van der Waals surface area contributed by atoms with Crippen LogP contribution >= 0.6 is 0 Å². The van der Waals surface area contributed by atoms with Crippen molar-refractivity contribution in [2.75, 3.05) is 5.32 Å². The van der Waals surface area contributed by atoms with E-state index >= 15 is 0 Å². The van der Waals surface area contributed by atoms with Crippen molar-refractivity contribution < 1.29 is 14.1 Å². The Balaban J connectivity index is 1.98. The third kappa shape index (κ3) is 4.64. The molecule has 0 saturated heterocycles. The molecule has 0 aliphatic heterocycles. The summed E-state index contributed by atoms with van der Waals surface area (Å²) in [5.41, 5.74) is 1.90. The van der Waals surface area contributed by atoms with Gasteiger partial charge in [-0.1, -0.05) is 42.5 Å². The van der Waals surface area contributed by atoms with Crippen LogP contribution in [0.5, 0.6) is 0 Å². The number of nitrogens with one attached hydrogen (secondary N) is 1. The second-order valence-electron chi connectivity index (χ2n) is 5.74. The molecular weight excluding hydrogens is 347 g/mol. The minimum atomic E-state index is -0.488. The molecule has 3 aromatic carbocycles. The summed E-state index contributed by atoms with van der Waals surface area (Å²) in [7, 11) is 0. The van der Waals surface area contributed by atoms with E-state index in [2.05, 4.69) is 5.32 Å². The van der Waals surface area contributed by atoms with Gasteiger partial charge < -0.3 is 5.32 Å². The third-order valence-corrected chi connectivity index (χ3v) is 3.82. The molecule has 0 saturated carbocycles. The predicted molar refractivity (Wildman–Crippen MR) is 102 cm³/mol. The summed E-state index contributed by atoms with van der Waals surface area (Å²) in [4.78, 5) is 23.3. The van der Waals surface area contributed by atoms with E-state index in [4.69, 9.17) is 0 Å². The lowest BCUT2D eigenvalue weighted by molar-refractivity contribution is -0.384. The number of carbonyl (C=O) groups is 1. The highest BCUT2D eigenvalue weighted by Gasteiger charge is 2.14. The van der Waals surface area contributed by atoms with Crippen molar-refractivity contribution in [3.05, 3.63) is 106 Å². The predicted octanol–water partition coefficient (Wildman–Crippen LogP) is 4.91. The number of hydrogen-bond acceptors (Lipinski definition) is 3. The molecule has 134 valence electrons. The van der Waals surface area contributed by atoms with E-state index in [1.807, 2.05) is 6.07 Å². The van der Waals surface area contributed by atoms with Gasteiger partial charge in [0, 0.05) is 23.4 Å². The van der Waals surface area contributed by atoms with Crippen LogP contribution in [0, 0.1) is 15.9 Å². The molecular formula is C21H15FN2O3. The van der Waals surface area contributed by atoms with Gasteiger partial charge in [0.15, 0.2) is 0 Å². The van der Waals surface area contributed by atoms with Gasteiger partial charge in [-0.25, -0.2) is 4.39 Å². The molecule has 0 aliphatic rings. The fourth-order valence-corrected chi connectivity index (χ4v) is 2.52. The van der Waals surface area contributed by atoms with Gasteiger partial charge in [0.2, 0.25) is 0 Å². The Morgan fingerprint density at radius 1 is 0.963 bits per heavy atom. The Hall–Kier alpha value is -3.80. The molecule has 0 fully saturated rings. The molecule has 0 unspecified atom stereocenters. The van der Waals surface area contributed by atoms with Crippen molar-refractivity contribution in [1.82, 2.24) is 0 Å². The SMILES string of the molecule is O=C(Nc1ccc(F)cc1)/C(=C/c1cccc([N+](=O)[O-])c1)c1ccccc1. The first kappa shape index (κ1) is 18.0. The zero-order valence-corrected chi connectivity index (χ0v) is 14.1. The fraction of sp³-hybridized carbons (Fsp3) is 0. The standard InChI is InChI=1S/C21H15FN2O3/c22-17-9-11-18(12-10-17)23-21(25)20(16-6-2-1-3-7-16)14-15-5-4-8-19(13-15)24(26)27/h1-14H,(H,23,25)/b20-14+. The molecule has 5 nitrogen and oxygen atoms in total. The maximum atomic E-state index is 13.1. The quantitative estimate of drug-likeness (QED) is 0.303. The summed E-state index contributed by atoms with van der Waals surface area (Å²) in [5.74, 6) is -0.803. The maximum absolute atomic E-state index is 13.1. The van der Waals surface area contributed by atoms with Crippen LogP contribution in [0.2, 0.25) is 0 Å². The molecule has 0 aliphatic carbocycles. The fourth-order valence-electron chi connectivity index (χ4n) is 2.52. The number of rotatable bonds is 5. The van der Waals surface area contributed by atoms with Gasteiger partial charge >= 0.3 is 0 Å². The maximum Gasteiger partial charge on any atom is 0.270 e. The summed E-state index contributed by atoms with van der Waals surface area (Å²) in [6.45, 7) is 0. The first-order valence-corrected chi connectivity index (χ1v) is 8.11. The average molecular weight is 362 g/mol. The summed E-state index contributed by atoms with van der Waals surface area (Å²) < 4.78 is 13.1. The lowest BCUT2D eigenvalue weighted by Crippen LogP contribution is -2.13. The number of halogens is 1. The Morgan fingerprint density at radius 3 is 2.33 bits per heavy atom. The molecule has 0 spiro atoms. The number of carbonyl (C=O) groups excluding carboxylic acids is 1. The number of nitrogens with zero attached hydrogens (tertiary/aromatic N) is 1. The molecule has 0 radical (unpaired) electrons. The third-order valence-electron chi connectivity index (χ3n) is 3.82. The molecule has 6 heteroatoms. The lowest BCUT2D eigenvalue weighted by atomic mass is 10.0. The number of non-ortho nitro benzene ring substituents is 1. The van der Waals surface area contributed by atoms with Crippen molar-refractivity contribution in [3.63, 3.8) is 0 Å². The van der Waals surface area contributed by atoms with Gasteiger partial charge in [-0.15, -0.1) is 0 Å². The Morgan fingerprint density at radius 2 is 1.67 bits per heavy atom. The summed E-state index contributed by atoms with van der Waals surface area (Å²) in [6.07, 6.45) is 1.58. The number of nitro benzene ring substituents is 1. The van der Waals surface area contributed by atoms with Crippen molar-refractivity contribution in [1.29, 1.82) is 0 Å². The van der Waals surface area contributed by atoms with Crippen LogP contribution in [-0.2, 0) is 4.79 Å². The highest BCUT2D eigenvalue weighted by Crippen LogP contribution is 2.23. The van der Waals surface area contributed by atoms with E-state index in [9.17, 15) is 19.3 Å². The molecule has 0 heterocycles. The molecule has 1 amide bonds. The molecule has 0 aromatic heterocycles. The van der Waals surface area contributed by atoms with Crippen molar-refractivity contribution in [2.24, 2.45) is 0 Å². The Labute approximate surface area is 154 Å². The van der Waals surface area contributed by atoms with Gasteiger partial charge in [-0.3, -0.25) is 14.9 Å². The number of benzene rings is 3. The first-order chi connectivity index (χ1) is 13.0. The van der Waals surface area contributed by atoms with Crippen LogP contribution in [0.1, 0.15) is 11.1 Å². The minimum absolute atomic E-state index is 0.0601. The van der Waals surface area contributed by atoms with Crippen LogP contribution in [-0.4, -0.2) is 10.8 Å². The molecule has 27 heavy (non-hydrogen) atoms. The number of amides is 1. The molecule has 3 rings (SSSR count). The Kier molecular flexibility index (Phi) is 5.37. The Bertz CT molecular complexity index is 999. The van der Waals surface area contributed by atoms with Gasteiger partial charge in [0.25, 0.3) is 11.6 Å². The summed E-state index contributed by atoms with van der Waals surface area (Å²) in [6, 6.07) is 20.4. The minimum Gasteiger partial charge on any atom is -0.322 e. The summed E-state index contributed by atoms with van der Waals surface area (Å²) in [5, 5.41) is 13.7. The molecule has 3 aromatic rings. The molecule has 0 bridgehead atoms. The van der Waals surface area contributed by atoms with Gasteiger partial charge in [-0.05, 0) is 41.5 Å². The normalized spacial score (nSPS) is 11.1. The monoisotopic (exact) mass is 362 g/mol. The van der Waals surface area contributed by atoms with Gasteiger partial charge in [0.05, 0.1) is 4.92 Å². The van der Waals surface area contributed by atoms with Crippen LogP contribution < -0.4 is 5.32 Å². The van der Waals surface area contributed by atoms with E-state index in [0.717, 1.165) is 0 Å². The molecule has 1 N–H and O–H groups in total. The van der Waals surface area contributed by atoms with Gasteiger partial charge in [-0.2, -0.15) is 0 Å². The molecule has 0 atom stereocenters. The van der Waals surface area contributed by atoms with Crippen LogP contribution in [0.3, 0.4) is 0 Å². The van der Waals surface area contributed by atoms with Crippen molar-refractivity contribution in [3.8, 4) is 0 Å². The summed E-state index contributed by atoms with van der Waals surface area (Å²) >= 11 is 0. The van der Waals surface area contributed by atoms with Crippen LogP contribution in [0.15, 0.2) is 78.9 Å². The van der Waals surface area contributed by atoms with E-state index in [1.165, 1.54) is 36.4 Å². The van der Waals surface area contributed by atoms with E-state index in [0.29, 0.717) is 22.4 Å². The van der Waals surface area contributed by atoms with Gasteiger partial charge in [0.1, 0.15) is 5.82 Å². The van der Waals surface area contributed by atoms with Crippen LogP contribution in [0.4, 0.5) is 15.8 Å². The topological polar surface area (TPSA) is 72.2 Å². The van der Waals surface area contributed by atoms with E-state index in [-0.39, 0.29) is 5.69 Å². The number of hydrogen-bond donors (Lipinski definition) is 1. The zero-order valence-electron chi connectivity index (χ0n) is 14.1. The lowest BCUT2D eigenvalue weighted by Gasteiger charge is -2.10.